The lowest BCUT2D eigenvalue weighted by molar-refractivity contribution is 1.21. The normalized spacial score (nSPS) is 12.8. The molecule has 1 heterocycles. The molecular formula is C15H10Cl2S. The summed E-state index contributed by atoms with van der Waals surface area (Å²) in [7, 11) is 0. The van der Waals surface area contributed by atoms with Gasteiger partial charge in [0.15, 0.2) is 0 Å². The monoisotopic (exact) mass is 292 g/mol. The highest BCUT2D eigenvalue weighted by molar-refractivity contribution is 7.10. The predicted octanol–water partition coefficient (Wildman–Crippen LogP) is 5.88. The first-order valence-electron chi connectivity index (χ1n) is 5.62. The maximum absolute atomic E-state index is 6.57. The third kappa shape index (κ3) is 2.03. The molecule has 0 spiro atoms. The summed E-state index contributed by atoms with van der Waals surface area (Å²) in [5, 5.41) is 4.87. The maximum atomic E-state index is 6.57. The summed E-state index contributed by atoms with van der Waals surface area (Å²) in [4.78, 5) is 1.16. The van der Waals surface area contributed by atoms with Crippen LogP contribution in [0.5, 0.6) is 0 Å². The molecule has 0 bridgehead atoms. The highest BCUT2D eigenvalue weighted by atomic mass is 35.5. The maximum Gasteiger partial charge on any atom is 0.0933 e. The number of hydrogen-bond acceptors (Lipinski definition) is 1. The Morgan fingerprint density at radius 2 is 1.67 bits per heavy atom. The number of hydrogen-bond donors (Lipinski definition) is 0. The highest BCUT2D eigenvalue weighted by Gasteiger charge is 2.15. The lowest BCUT2D eigenvalue weighted by atomic mass is 10.0. The van der Waals surface area contributed by atoms with Gasteiger partial charge in [-0.05, 0) is 28.5 Å². The van der Waals surface area contributed by atoms with E-state index in [-0.39, 0.29) is 5.38 Å². The van der Waals surface area contributed by atoms with Crippen LogP contribution in [0.15, 0.2) is 53.9 Å². The minimum Gasteiger partial charge on any atom is -0.147 e. The van der Waals surface area contributed by atoms with Crippen molar-refractivity contribution in [1.29, 1.82) is 0 Å². The van der Waals surface area contributed by atoms with Gasteiger partial charge in [0, 0.05) is 15.3 Å². The van der Waals surface area contributed by atoms with E-state index in [9.17, 15) is 0 Å². The molecule has 2 aromatic carbocycles. The Labute approximate surface area is 120 Å². The number of benzene rings is 2. The van der Waals surface area contributed by atoms with Crippen LogP contribution in [0, 0.1) is 0 Å². The quantitative estimate of drug-likeness (QED) is 0.517. The van der Waals surface area contributed by atoms with Crippen molar-refractivity contribution in [1.82, 2.24) is 0 Å². The summed E-state index contributed by atoms with van der Waals surface area (Å²) >= 11 is 14.5. The van der Waals surface area contributed by atoms with Crippen molar-refractivity contribution in [2.45, 2.75) is 5.38 Å². The van der Waals surface area contributed by atoms with E-state index in [0.29, 0.717) is 0 Å². The van der Waals surface area contributed by atoms with Gasteiger partial charge in [-0.3, -0.25) is 0 Å². The average Bonchev–Trinajstić information content (AvgIpc) is 2.93. The van der Waals surface area contributed by atoms with Crippen LogP contribution in [0.2, 0.25) is 5.02 Å². The van der Waals surface area contributed by atoms with Gasteiger partial charge in [0.25, 0.3) is 0 Å². The average molecular weight is 293 g/mol. The molecule has 0 N–H and O–H groups in total. The van der Waals surface area contributed by atoms with Gasteiger partial charge >= 0.3 is 0 Å². The van der Waals surface area contributed by atoms with E-state index in [0.717, 1.165) is 26.2 Å². The number of alkyl halides is 1. The van der Waals surface area contributed by atoms with Crippen LogP contribution in [0.25, 0.3) is 10.8 Å². The van der Waals surface area contributed by atoms with Crippen molar-refractivity contribution >= 4 is 45.3 Å². The lowest BCUT2D eigenvalue weighted by Crippen LogP contribution is -1.92. The van der Waals surface area contributed by atoms with Gasteiger partial charge in [0.1, 0.15) is 0 Å². The van der Waals surface area contributed by atoms with Gasteiger partial charge in [-0.15, -0.1) is 22.9 Å². The van der Waals surface area contributed by atoms with E-state index in [1.54, 1.807) is 11.3 Å². The molecule has 3 heteroatoms. The van der Waals surface area contributed by atoms with Gasteiger partial charge < -0.3 is 0 Å². The zero-order valence-electron chi connectivity index (χ0n) is 9.44. The van der Waals surface area contributed by atoms with Crippen LogP contribution in [0.4, 0.5) is 0 Å². The van der Waals surface area contributed by atoms with Crippen molar-refractivity contribution in [2.75, 3.05) is 0 Å². The zero-order chi connectivity index (χ0) is 12.5. The van der Waals surface area contributed by atoms with Crippen molar-refractivity contribution in [2.24, 2.45) is 0 Å². The molecular weight excluding hydrogens is 283 g/mol. The van der Waals surface area contributed by atoms with Crippen LogP contribution in [-0.2, 0) is 0 Å². The molecule has 3 aromatic rings. The Bertz CT molecular complexity index is 674. The van der Waals surface area contributed by atoms with Gasteiger partial charge in [-0.25, -0.2) is 0 Å². The molecule has 1 unspecified atom stereocenters. The second-order valence-electron chi connectivity index (χ2n) is 4.06. The molecule has 0 aliphatic heterocycles. The van der Waals surface area contributed by atoms with Crippen LogP contribution in [0.1, 0.15) is 15.8 Å². The van der Waals surface area contributed by atoms with Crippen LogP contribution in [0.3, 0.4) is 0 Å². The van der Waals surface area contributed by atoms with Gasteiger partial charge in [-0.1, -0.05) is 48.0 Å². The molecule has 0 fully saturated rings. The molecule has 18 heavy (non-hydrogen) atoms. The Kier molecular flexibility index (Phi) is 3.29. The topological polar surface area (TPSA) is 0 Å². The smallest absolute Gasteiger partial charge is 0.0933 e. The standard InChI is InChI=1S/C15H10Cl2S/c16-13-8-7-12(10-4-1-2-5-11(10)13)15(17)14-6-3-9-18-14/h1-9,15H. The Balaban J connectivity index is 2.21. The molecule has 1 aromatic heterocycles. The van der Waals surface area contributed by atoms with E-state index in [4.69, 9.17) is 23.2 Å². The lowest BCUT2D eigenvalue weighted by Gasteiger charge is -2.12. The number of rotatable bonds is 2. The predicted molar refractivity (Wildman–Crippen MR) is 81.0 cm³/mol. The third-order valence-electron chi connectivity index (χ3n) is 2.97. The molecule has 90 valence electrons. The number of halogens is 2. The fourth-order valence-corrected chi connectivity index (χ4v) is 3.46. The summed E-state index contributed by atoms with van der Waals surface area (Å²) < 4.78 is 0. The van der Waals surface area contributed by atoms with E-state index in [2.05, 4.69) is 12.1 Å². The summed E-state index contributed by atoms with van der Waals surface area (Å²) in [6, 6.07) is 16.1. The van der Waals surface area contributed by atoms with E-state index in [1.165, 1.54) is 0 Å². The number of fused-ring (bicyclic) bond motifs is 1. The minimum atomic E-state index is -0.118. The minimum absolute atomic E-state index is 0.118. The summed E-state index contributed by atoms with van der Waals surface area (Å²) in [5.74, 6) is 0. The van der Waals surface area contributed by atoms with E-state index < -0.39 is 0 Å². The molecule has 0 radical (unpaired) electrons. The molecule has 1 atom stereocenters. The SMILES string of the molecule is Clc1ccc(C(Cl)c2cccs2)c2ccccc12. The molecule has 0 saturated carbocycles. The fourth-order valence-electron chi connectivity index (χ4n) is 2.10. The van der Waals surface area contributed by atoms with Crippen LogP contribution < -0.4 is 0 Å². The largest absolute Gasteiger partial charge is 0.147 e. The van der Waals surface area contributed by atoms with Crippen LogP contribution in [-0.4, -0.2) is 0 Å². The van der Waals surface area contributed by atoms with E-state index in [1.807, 2.05) is 41.8 Å². The molecule has 0 aliphatic rings. The highest BCUT2D eigenvalue weighted by Crippen LogP contribution is 2.37. The Morgan fingerprint density at radius 1 is 0.889 bits per heavy atom. The Morgan fingerprint density at radius 3 is 2.39 bits per heavy atom. The van der Waals surface area contributed by atoms with E-state index >= 15 is 0 Å². The summed E-state index contributed by atoms with van der Waals surface area (Å²) in [5.41, 5.74) is 1.11. The summed E-state index contributed by atoms with van der Waals surface area (Å²) in [6.45, 7) is 0. The zero-order valence-corrected chi connectivity index (χ0v) is 11.8. The van der Waals surface area contributed by atoms with Crippen molar-refractivity contribution < 1.29 is 0 Å². The molecule has 0 saturated heterocycles. The van der Waals surface area contributed by atoms with Crippen molar-refractivity contribution in [3.05, 3.63) is 69.4 Å². The molecule has 0 aliphatic carbocycles. The van der Waals surface area contributed by atoms with Crippen LogP contribution >= 0.6 is 34.5 Å². The summed E-state index contributed by atoms with van der Waals surface area (Å²) in [6.07, 6.45) is 0. The first-order chi connectivity index (χ1) is 8.77. The second-order valence-corrected chi connectivity index (χ2v) is 5.88. The van der Waals surface area contributed by atoms with Crippen molar-refractivity contribution in [3.8, 4) is 0 Å². The fraction of sp³-hybridized carbons (Fsp3) is 0.0667. The first kappa shape index (κ1) is 12.0. The van der Waals surface area contributed by atoms with Gasteiger partial charge in [-0.2, -0.15) is 0 Å². The molecule has 3 rings (SSSR count). The first-order valence-corrected chi connectivity index (χ1v) is 7.31. The Hall–Kier alpha value is -1.02. The molecule has 0 amide bonds. The van der Waals surface area contributed by atoms with Gasteiger partial charge in [0.05, 0.1) is 5.38 Å². The second kappa shape index (κ2) is 4.93. The number of thiophene rings is 1. The van der Waals surface area contributed by atoms with Crippen molar-refractivity contribution in [3.63, 3.8) is 0 Å². The van der Waals surface area contributed by atoms with Gasteiger partial charge in [0.2, 0.25) is 0 Å². The third-order valence-corrected chi connectivity index (χ3v) is 4.84. The molecule has 0 nitrogen and oxygen atoms in total.